The minimum Gasteiger partial charge on any atom is -0.492 e. The van der Waals surface area contributed by atoms with Gasteiger partial charge in [0.15, 0.2) is 0 Å². The number of rotatable bonds is 3. The lowest BCUT2D eigenvalue weighted by Gasteiger charge is -2.27. The van der Waals surface area contributed by atoms with Crippen LogP contribution in [0.5, 0.6) is 5.75 Å². The van der Waals surface area contributed by atoms with Crippen LogP contribution in [0.4, 0.5) is 0 Å². The molecule has 2 nitrogen and oxygen atoms in total. The normalized spacial score (nSPS) is 24.4. The second kappa shape index (κ2) is 5.09. The lowest BCUT2D eigenvalue weighted by atomic mass is 10.0. The van der Waals surface area contributed by atoms with Gasteiger partial charge in [0.2, 0.25) is 0 Å². The fourth-order valence-electron chi connectivity index (χ4n) is 3.01. The Hall–Kier alpha value is -1.02. The highest BCUT2D eigenvalue weighted by molar-refractivity contribution is 5.35. The van der Waals surface area contributed by atoms with E-state index in [-0.39, 0.29) is 0 Å². The lowest BCUT2D eigenvalue weighted by Crippen LogP contribution is -2.41. The summed E-state index contributed by atoms with van der Waals surface area (Å²) in [5.41, 5.74) is 1.35. The van der Waals surface area contributed by atoms with Crippen molar-refractivity contribution in [2.45, 2.75) is 38.1 Å². The third-order valence-corrected chi connectivity index (χ3v) is 4.05. The van der Waals surface area contributed by atoms with E-state index in [1.54, 1.807) is 0 Å². The molecule has 1 heterocycles. The van der Waals surface area contributed by atoms with E-state index >= 15 is 0 Å². The van der Waals surface area contributed by atoms with E-state index < -0.39 is 0 Å². The Morgan fingerprint density at radius 1 is 1.18 bits per heavy atom. The summed E-state index contributed by atoms with van der Waals surface area (Å²) in [4.78, 5) is 0. The maximum absolute atomic E-state index is 5.79. The average molecular weight is 231 g/mol. The predicted molar refractivity (Wildman–Crippen MR) is 69.4 cm³/mol. The molecule has 3 rings (SSSR count). The Balaban J connectivity index is 1.53. The van der Waals surface area contributed by atoms with E-state index in [0.29, 0.717) is 6.04 Å². The van der Waals surface area contributed by atoms with Crippen molar-refractivity contribution in [1.29, 1.82) is 0 Å². The summed E-state index contributed by atoms with van der Waals surface area (Å²) in [6, 6.07) is 8.90. The molecule has 0 amide bonds. The molecule has 0 aromatic heterocycles. The summed E-state index contributed by atoms with van der Waals surface area (Å²) in [6.07, 6.45) is 6.80. The molecule has 92 valence electrons. The summed E-state index contributed by atoms with van der Waals surface area (Å²) >= 11 is 0. The van der Waals surface area contributed by atoms with Crippen molar-refractivity contribution in [2.24, 2.45) is 5.92 Å². The minimum atomic E-state index is 0.505. The molecule has 1 fully saturated rings. The summed E-state index contributed by atoms with van der Waals surface area (Å²) in [7, 11) is 0. The monoisotopic (exact) mass is 231 g/mol. The van der Waals surface area contributed by atoms with Gasteiger partial charge in [-0.05, 0) is 43.4 Å². The molecular weight excluding hydrogens is 210 g/mol. The second-order valence-corrected chi connectivity index (χ2v) is 5.38. The van der Waals surface area contributed by atoms with E-state index in [2.05, 4.69) is 23.5 Å². The Morgan fingerprint density at radius 3 is 2.88 bits per heavy atom. The number of para-hydroxylation sites is 1. The Morgan fingerprint density at radius 2 is 2.00 bits per heavy atom. The van der Waals surface area contributed by atoms with Crippen LogP contribution in [0.2, 0.25) is 0 Å². The molecule has 0 saturated heterocycles. The quantitative estimate of drug-likeness (QED) is 0.863. The van der Waals surface area contributed by atoms with Crippen LogP contribution in [0, 0.1) is 5.92 Å². The first kappa shape index (κ1) is 11.1. The first-order chi connectivity index (χ1) is 8.42. The number of ether oxygens (including phenoxy) is 1. The van der Waals surface area contributed by atoms with E-state index in [1.807, 2.05) is 6.07 Å². The lowest BCUT2D eigenvalue weighted by molar-refractivity contribution is 0.233. The van der Waals surface area contributed by atoms with Gasteiger partial charge in [0.1, 0.15) is 12.4 Å². The van der Waals surface area contributed by atoms with Gasteiger partial charge in [0.05, 0.1) is 0 Å². The van der Waals surface area contributed by atoms with Crippen molar-refractivity contribution in [3.63, 3.8) is 0 Å². The van der Waals surface area contributed by atoms with Crippen molar-refractivity contribution in [1.82, 2.24) is 5.32 Å². The molecule has 1 N–H and O–H groups in total. The standard InChI is InChI=1S/C15H21NO/c1-2-6-12(5-1)10-16-14-9-13-7-3-4-8-15(13)17-11-14/h3-4,7-8,12,14,16H,1-2,5-6,9-11H2/t14-/m1/s1. The summed E-state index contributed by atoms with van der Waals surface area (Å²) < 4.78 is 5.79. The zero-order valence-electron chi connectivity index (χ0n) is 10.3. The number of fused-ring (bicyclic) bond motifs is 1. The Bertz CT molecular complexity index is 371. The molecule has 1 aliphatic carbocycles. The van der Waals surface area contributed by atoms with Crippen LogP contribution >= 0.6 is 0 Å². The van der Waals surface area contributed by atoms with Crippen molar-refractivity contribution in [3.8, 4) is 5.75 Å². The third-order valence-electron chi connectivity index (χ3n) is 4.05. The largest absolute Gasteiger partial charge is 0.492 e. The number of nitrogens with one attached hydrogen (secondary N) is 1. The van der Waals surface area contributed by atoms with Gasteiger partial charge in [-0.1, -0.05) is 31.0 Å². The van der Waals surface area contributed by atoms with E-state index in [1.165, 1.54) is 37.8 Å². The molecule has 0 spiro atoms. The first-order valence-corrected chi connectivity index (χ1v) is 6.86. The summed E-state index contributed by atoms with van der Waals surface area (Å²) in [5, 5.41) is 3.68. The van der Waals surface area contributed by atoms with Crippen molar-refractivity contribution in [3.05, 3.63) is 29.8 Å². The molecule has 0 bridgehead atoms. The van der Waals surface area contributed by atoms with Gasteiger partial charge >= 0.3 is 0 Å². The number of hydrogen-bond acceptors (Lipinski definition) is 2. The minimum absolute atomic E-state index is 0.505. The Kier molecular flexibility index (Phi) is 3.32. The Labute approximate surface area is 103 Å². The SMILES string of the molecule is c1ccc2c(c1)C[C@@H](NCC1CCCC1)CO2. The van der Waals surface area contributed by atoms with E-state index in [4.69, 9.17) is 4.74 Å². The smallest absolute Gasteiger partial charge is 0.122 e. The molecule has 2 heteroatoms. The second-order valence-electron chi connectivity index (χ2n) is 5.38. The number of benzene rings is 1. The zero-order valence-corrected chi connectivity index (χ0v) is 10.3. The highest BCUT2D eigenvalue weighted by Crippen LogP contribution is 2.26. The molecule has 1 aromatic rings. The van der Waals surface area contributed by atoms with Crippen molar-refractivity contribution < 1.29 is 4.74 Å². The van der Waals surface area contributed by atoms with Gasteiger partial charge in [-0.2, -0.15) is 0 Å². The van der Waals surface area contributed by atoms with Gasteiger partial charge in [-0.3, -0.25) is 0 Å². The predicted octanol–water partition coefficient (Wildman–Crippen LogP) is 2.77. The third kappa shape index (κ3) is 2.63. The maximum atomic E-state index is 5.79. The van der Waals surface area contributed by atoms with Gasteiger partial charge in [0, 0.05) is 6.04 Å². The summed E-state index contributed by atoms with van der Waals surface area (Å²) in [6.45, 7) is 2.00. The van der Waals surface area contributed by atoms with Crippen LogP contribution in [-0.4, -0.2) is 19.2 Å². The highest BCUT2D eigenvalue weighted by atomic mass is 16.5. The molecule has 0 radical (unpaired) electrons. The number of hydrogen-bond donors (Lipinski definition) is 1. The molecule has 1 atom stereocenters. The van der Waals surface area contributed by atoms with Gasteiger partial charge in [-0.15, -0.1) is 0 Å². The van der Waals surface area contributed by atoms with Crippen LogP contribution in [0.3, 0.4) is 0 Å². The van der Waals surface area contributed by atoms with Gasteiger partial charge in [0.25, 0.3) is 0 Å². The molecule has 17 heavy (non-hydrogen) atoms. The topological polar surface area (TPSA) is 21.3 Å². The van der Waals surface area contributed by atoms with Crippen LogP contribution in [0.1, 0.15) is 31.2 Å². The zero-order chi connectivity index (χ0) is 11.5. The van der Waals surface area contributed by atoms with Crippen LogP contribution in [0.25, 0.3) is 0 Å². The van der Waals surface area contributed by atoms with Crippen LogP contribution in [-0.2, 0) is 6.42 Å². The molecule has 0 unspecified atom stereocenters. The van der Waals surface area contributed by atoms with Gasteiger partial charge < -0.3 is 10.1 Å². The summed E-state index contributed by atoms with van der Waals surface area (Å²) in [5.74, 6) is 1.98. The molecule has 1 saturated carbocycles. The molecular formula is C15H21NO. The molecule has 1 aliphatic heterocycles. The maximum Gasteiger partial charge on any atom is 0.122 e. The first-order valence-electron chi connectivity index (χ1n) is 6.86. The molecule has 1 aromatic carbocycles. The molecule has 2 aliphatic rings. The van der Waals surface area contributed by atoms with Crippen molar-refractivity contribution in [2.75, 3.05) is 13.2 Å². The highest BCUT2D eigenvalue weighted by Gasteiger charge is 2.21. The van der Waals surface area contributed by atoms with Crippen LogP contribution in [0.15, 0.2) is 24.3 Å². The van der Waals surface area contributed by atoms with Crippen LogP contribution < -0.4 is 10.1 Å². The van der Waals surface area contributed by atoms with E-state index in [0.717, 1.165) is 24.7 Å². The van der Waals surface area contributed by atoms with Gasteiger partial charge in [-0.25, -0.2) is 0 Å². The van der Waals surface area contributed by atoms with Crippen molar-refractivity contribution >= 4 is 0 Å². The fourth-order valence-corrected chi connectivity index (χ4v) is 3.01. The van der Waals surface area contributed by atoms with E-state index in [9.17, 15) is 0 Å². The fraction of sp³-hybridized carbons (Fsp3) is 0.600. The average Bonchev–Trinajstić information content (AvgIpc) is 2.89.